The van der Waals surface area contributed by atoms with Gasteiger partial charge in [-0.15, -0.1) is 0 Å². The number of hydrogen-bond donors (Lipinski definition) is 1. The van der Waals surface area contributed by atoms with Crippen LogP contribution in [0.25, 0.3) is 0 Å². The highest BCUT2D eigenvalue weighted by Crippen LogP contribution is 2.67. The summed E-state index contributed by atoms with van der Waals surface area (Å²) in [5, 5.41) is 9.06. The van der Waals surface area contributed by atoms with Crippen LogP contribution in [0.15, 0.2) is 11.6 Å². The molecule has 4 atom stereocenters. The highest BCUT2D eigenvalue weighted by molar-refractivity contribution is 7.60. The first-order chi connectivity index (χ1) is 7.10. The van der Waals surface area contributed by atoms with E-state index in [4.69, 9.17) is 9.63 Å². The van der Waals surface area contributed by atoms with Gasteiger partial charge in [-0.1, -0.05) is 18.6 Å². The van der Waals surface area contributed by atoms with E-state index in [-0.39, 0.29) is 18.4 Å². The summed E-state index contributed by atoms with van der Waals surface area (Å²) in [5.41, 5.74) is 1.51. The normalized spacial score (nSPS) is 40.6. The molecule has 0 amide bonds. The molecule has 2 rings (SSSR count). The number of aliphatic hydroxyl groups is 1. The number of allylic oxidation sites excluding steroid dienone is 2. The molecule has 0 saturated carbocycles. The first-order valence-electron chi connectivity index (χ1n) is 5.67. The summed E-state index contributed by atoms with van der Waals surface area (Å²) in [6.07, 6.45) is 4.24. The van der Waals surface area contributed by atoms with Crippen molar-refractivity contribution in [1.29, 1.82) is 0 Å². The molecule has 1 aliphatic carbocycles. The van der Waals surface area contributed by atoms with E-state index in [9.17, 15) is 4.57 Å². The quantitative estimate of drug-likeness (QED) is 0.596. The fraction of sp³-hybridized carbons (Fsp3) is 0.818. The van der Waals surface area contributed by atoms with Gasteiger partial charge in [-0.25, -0.2) is 0 Å². The zero-order chi connectivity index (χ0) is 11.1. The lowest BCUT2D eigenvalue weighted by atomic mass is 9.84. The van der Waals surface area contributed by atoms with E-state index in [0.717, 1.165) is 12.8 Å². The van der Waals surface area contributed by atoms with Crippen molar-refractivity contribution in [3.8, 4) is 0 Å². The Morgan fingerprint density at radius 2 is 2.47 bits per heavy atom. The van der Waals surface area contributed by atoms with Crippen molar-refractivity contribution in [3.63, 3.8) is 0 Å². The molecule has 86 valence electrons. The summed E-state index contributed by atoms with van der Waals surface area (Å²) in [4.78, 5) is 0. The van der Waals surface area contributed by atoms with Gasteiger partial charge in [0.2, 0.25) is 7.37 Å². The predicted octanol–water partition coefficient (Wildman–Crippen LogP) is 2.40. The molecule has 0 radical (unpaired) electrons. The summed E-state index contributed by atoms with van der Waals surface area (Å²) in [7, 11) is -2.49. The minimum atomic E-state index is -2.49. The molecule has 2 aliphatic rings. The maximum Gasteiger partial charge on any atom is 0.210 e. The van der Waals surface area contributed by atoms with Gasteiger partial charge in [-0.05, 0) is 25.7 Å². The van der Waals surface area contributed by atoms with E-state index in [2.05, 4.69) is 13.0 Å². The lowest BCUT2D eigenvalue weighted by molar-refractivity contribution is 0.114. The second-order valence-electron chi connectivity index (χ2n) is 4.56. The molecule has 1 fully saturated rings. The Bertz CT molecular complexity index is 320. The number of rotatable bonds is 4. The first-order valence-corrected chi connectivity index (χ1v) is 7.55. The van der Waals surface area contributed by atoms with Gasteiger partial charge in [-0.3, -0.25) is 4.57 Å². The molecule has 1 saturated heterocycles. The molecule has 0 aromatic carbocycles. The summed E-state index contributed by atoms with van der Waals surface area (Å²) in [6, 6.07) is 0. The predicted molar refractivity (Wildman–Crippen MR) is 60.4 cm³/mol. The second-order valence-corrected chi connectivity index (χ2v) is 7.27. The lowest BCUT2D eigenvalue weighted by Crippen LogP contribution is -2.25. The van der Waals surface area contributed by atoms with Gasteiger partial charge in [0.15, 0.2) is 0 Å². The minimum absolute atomic E-state index is 0.0272. The van der Waals surface area contributed by atoms with E-state index in [0.29, 0.717) is 12.1 Å². The van der Waals surface area contributed by atoms with Crippen molar-refractivity contribution in [2.24, 2.45) is 5.92 Å². The molecule has 4 heteroatoms. The van der Waals surface area contributed by atoms with Gasteiger partial charge in [0.25, 0.3) is 0 Å². The molecule has 0 aromatic heterocycles. The Balaban J connectivity index is 2.06. The summed E-state index contributed by atoms with van der Waals surface area (Å²) >= 11 is 0. The molecule has 0 spiro atoms. The van der Waals surface area contributed by atoms with Crippen LogP contribution in [0.1, 0.15) is 26.7 Å². The monoisotopic (exact) mass is 230 g/mol. The van der Waals surface area contributed by atoms with Crippen LogP contribution < -0.4 is 0 Å². The third-order valence-corrected chi connectivity index (χ3v) is 6.58. The molecule has 1 N–H and O–H groups in total. The van der Waals surface area contributed by atoms with E-state index >= 15 is 0 Å². The van der Waals surface area contributed by atoms with E-state index in [1.807, 2.05) is 6.92 Å². The van der Waals surface area contributed by atoms with Gasteiger partial charge in [-0.2, -0.15) is 0 Å². The molecule has 1 aliphatic heterocycles. The number of aliphatic hydroxyl groups excluding tert-OH is 1. The lowest BCUT2D eigenvalue weighted by Gasteiger charge is -2.32. The van der Waals surface area contributed by atoms with Crippen LogP contribution >= 0.6 is 7.37 Å². The fourth-order valence-corrected chi connectivity index (χ4v) is 5.82. The van der Waals surface area contributed by atoms with Gasteiger partial charge in [0.1, 0.15) is 0 Å². The molecule has 0 bridgehead atoms. The molecule has 3 unspecified atom stereocenters. The van der Waals surface area contributed by atoms with Crippen molar-refractivity contribution >= 4 is 7.37 Å². The fourth-order valence-electron chi connectivity index (χ4n) is 2.53. The van der Waals surface area contributed by atoms with Gasteiger partial charge < -0.3 is 9.63 Å². The van der Waals surface area contributed by atoms with Crippen molar-refractivity contribution < 1.29 is 14.2 Å². The van der Waals surface area contributed by atoms with Crippen LogP contribution in [0.2, 0.25) is 0 Å². The highest BCUT2D eigenvalue weighted by Gasteiger charge is 2.50. The van der Waals surface area contributed by atoms with Crippen molar-refractivity contribution in [2.75, 3.05) is 12.8 Å². The minimum Gasteiger partial charge on any atom is -0.394 e. The standard InChI is InChI=1S/C11H19O3P/c1-3-9(7-12)14-15(13)5-4-10-8(2)6-11(10)15/h6,9-12H,3-5,7H2,1-2H3/t9?,10?,11-,15?/m0/s1. The second kappa shape index (κ2) is 4.04. The molecule has 0 aromatic rings. The van der Waals surface area contributed by atoms with Gasteiger partial charge in [0.05, 0.1) is 18.4 Å². The molecule has 15 heavy (non-hydrogen) atoms. The largest absolute Gasteiger partial charge is 0.394 e. The number of fused-ring (bicyclic) bond motifs is 1. The molecule has 1 heterocycles. The van der Waals surface area contributed by atoms with Gasteiger partial charge in [0, 0.05) is 6.16 Å². The van der Waals surface area contributed by atoms with Crippen LogP contribution in [0.5, 0.6) is 0 Å². The van der Waals surface area contributed by atoms with Crippen LogP contribution in [-0.2, 0) is 9.09 Å². The third-order valence-electron chi connectivity index (χ3n) is 3.62. The van der Waals surface area contributed by atoms with E-state index in [1.54, 1.807) is 0 Å². The summed E-state index contributed by atoms with van der Waals surface area (Å²) < 4.78 is 18.1. The van der Waals surface area contributed by atoms with Crippen LogP contribution in [0, 0.1) is 5.92 Å². The Kier molecular flexibility index (Phi) is 3.07. The third kappa shape index (κ3) is 1.82. The number of hydrogen-bond acceptors (Lipinski definition) is 3. The molecular weight excluding hydrogens is 211 g/mol. The first kappa shape index (κ1) is 11.4. The van der Waals surface area contributed by atoms with Crippen molar-refractivity contribution in [2.45, 2.75) is 38.5 Å². The SMILES string of the molecule is CCC(CO)OP1(=O)CCC2C(C)=C[C@@H]21. The van der Waals surface area contributed by atoms with Crippen LogP contribution in [-0.4, -0.2) is 29.6 Å². The average Bonchev–Trinajstić information content (AvgIpc) is 2.47. The van der Waals surface area contributed by atoms with Crippen LogP contribution in [0.4, 0.5) is 0 Å². The van der Waals surface area contributed by atoms with Crippen molar-refractivity contribution in [3.05, 3.63) is 11.6 Å². The smallest absolute Gasteiger partial charge is 0.210 e. The van der Waals surface area contributed by atoms with Crippen molar-refractivity contribution in [1.82, 2.24) is 0 Å². The summed E-state index contributed by atoms with van der Waals surface area (Å²) in [5.74, 6) is 0.493. The molecule has 3 nitrogen and oxygen atoms in total. The van der Waals surface area contributed by atoms with E-state index < -0.39 is 7.37 Å². The maximum absolute atomic E-state index is 12.5. The Morgan fingerprint density at radius 3 is 2.93 bits per heavy atom. The zero-order valence-corrected chi connectivity index (χ0v) is 10.2. The van der Waals surface area contributed by atoms with Gasteiger partial charge >= 0.3 is 0 Å². The Morgan fingerprint density at radius 1 is 1.73 bits per heavy atom. The topological polar surface area (TPSA) is 46.5 Å². The van der Waals surface area contributed by atoms with Crippen LogP contribution in [0.3, 0.4) is 0 Å². The maximum atomic E-state index is 12.5. The average molecular weight is 230 g/mol. The Labute approximate surface area is 91.0 Å². The summed E-state index contributed by atoms with van der Waals surface area (Å²) in [6.45, 7) is 4.02. The highest BCUT2D eigenvalue weighted by atomic mass is 31.2. The zero-order valence-electron chi connectivity index (χ0n) is 9.35. The molecular formula is C11H19O3P. The Hall–Kier alpha value is -0.110. The van der Waals surface area contributed by atoms with E-state index in [1.165, 1.54) is 5.57 Å².